The predicted molar refractivity (Wildman–Crippen MR) is 124 cm³/mol. The van der Waals surface area contributed by atoms with Crippen molar-refractivity contribution >= 4 is 28.4 Å². The zero-order valence-corrected chi connectivity index (χ0v) is 17.7. The fourth-order valence-corrected chi connectivity index (χ4v) is 4.47. The van der Waals surface area contributed by atoms with Crippen LogP contribution in [0.2, 0.25) is 0 Å². The molecule has 1 amide bonds. The molecule has 4 aromatic rings. The number of aromatic nitrogens is 3. The summed E-state index contributed by atoms with van der Waals surface area (Å²) in [7, 11) is 0. The minimum absolute atomic E-state index is 0.0677. The van der Waals surface area contributed by atoms with Crippen LogP contribution in [0.15, 0.2) is 67.1 Å². The Morgan fingerprint density at radius 1 is 1.03 bits per heavy atom. The maximum absolute atomic E-state index is 13.0. The van der Waals surface area contributed by atoms with Crippen LogP contribution in [0.4, 0.5) is 11.5 Å². The second-order valence-corrected chi connectivity index (χ2v) is 8.29. The Morgan fingerprint density at radius 2 is 1.77 bits per heavy atom. The molecule has 2 aromatic heterocycles. The minimum atomic E-state index is -0.0677. The molecule has 1 unspecified atom stereocenters. The van der Waals surface area contributed by atoms with E-state index in [1.165, 1.54) is 6.33 Å². The predicted octanol–water partition coefficient (Wildman–Crippen LogP) is 4.78. The second-order valence-electron chi connectivity index (χ2n) is 8.29. The molecule has 0 bridgehead atoms. The first-order valence-corrected chi connectivity index (χ1v) is 10.6. The standard InChI is InChI=1S/C25H25N5O/c1-16(2)30-14-21(22-23(26)27-15-28-24(22)30)18-8-10-19(11-9-18)29-13-12-20(25(29)31)17-6-4-3-5-7-17/h3-11,14-16,20H,12-13H2,1-2H3,(H2,26,27,28). The van der Waals surface area contributed by atoms with Gasteiger partial charge in [-0.25, -0.2) is 9.97 Å². The zero-order valence-electron chi connectivity index (χ0n) is 17.7. The van der Waals surface area contributed by atoms with Crippen molar-refractivity contribution in [2.24, 2.45) is 0 Å². The Hall–Kier alpha value is -3.67. The maximum atomic E-state index is 13.0. The lowest BCUT2D eigenvalue weighted by Gasteiger charge is -2.17. The largest absolute Gasteiger partial charge is 0.383 e. The van der Waals surface area contributed by atoms with Gasteiger partial charge in [-0.3, -0.25) is 4.79 Å². The number of carbonyl (C=O) groups excluding carboxylic acids is 1. The molecule has 3 heterocycles. The highest BCUT2D eigenvalue weighted by Gasteiger charge is 2.33. The summed E-state index contributed by atoms with van der Waals surface area (Å²) in [6.45, 7) is 4.96. The monoisotopic (exact) mass is 411 g/mol. The van der Waals surface area contributed by atoms with Crippen LogP contribution in [-0.4, -0.2) is 27.0 Å². The molecule has 156 valence electrons. The maximum Gasteiger partial charge on any atom is 0.234 e. The highest BCUT2D eigenvalue weighted by molar-refractivity contribution is 6.02. The van der Waals surface area contributed by atoms with Crippen molar-refractivity contribution in [1.29, 1.82) is 0 Å². The van der Waals surface area contributed by atoms with Gasteiger partial charge in [-0.1, -0.05) is 42.5 Å². The molecule has 31 heavy (non-hydrogen) atoms. The number of benzene rings is 2. The third kappa shape index (κ3) is 3.24. The summed E-state index contributed by atoms with van der Waals surface area (Å²) >= 11 is 0. The number of fused-ring (bicyclic) bond motifs is 1. The van der Waals surface area contributed by atoms with Crippen molar-refractivity contribution in [2.75, 3.05) is 17.2 Å². The normalized spacial score (nSPS) is 16.5. The van der Waals surface area contributed by atoms with E-state index in [0.717, 1.165) is 46.4 Å². The molecular formula is C25H25N5O. The first-order valence-electron chi connectivity index (χ1n) is 10.6. The molecule has 0 aliphatic carbocycles. The van der Waals surface area contributed by atoms with Crippen LogP contribution in [0.25, 0.3) is 22.2 Å². The molecule has 5 rings (SSSR count). The van der Waals surface area contributed by atoms with E-state index in [1.54, 1.807) is 0 Å². The number of nitrogens with two attached hydrogens (primary N) is 1. The lowest BCUT2D eigenvalue weighted by atomic mass is 9.98. The van der Waals surface area contributed by atoms with E-state index in [9.17, 15) is 4.79 Å². The van der Waals surface area contributed by atoms with Crippen LogP contribution >= 0.6 is 0 Å². The van der Waals surface area contributed by atoms with E-state index in [1.807, 2.05) is 59.5 Å². The molecular weight excluding hydrogens is 386 g/mol. The van der Waals surface area contributed by atoms with Crippen LogP contribution in [0.3, 0.4) is 0 Å². The fraction of sp³-hybridized carbons (Fsp3) is 0.240. The van der Waals surface area contributed by atoms with Crippen molar-refractivity contribution in [3.63, 3.8) is 0 Å². The number of hydrogen-bond acceptors (Lipinski definition) is 4. The molecule has 1 aliphatic rings. The van der Waals surface area contributed by atoms with Gasteiger partial charge in [0.05, 0.1) is 11.3 Å². The van der Waals surface area contributed by atoms with E-state index in [-0.39, 0.29) is 17.9 Å². The van der Waals surface area contributed by atoms with Gasteiger partial charge in [0, 0.05) is 30.0 Å². The molecule has 1 fully saturated rings. The quantitative estimate of drug-likeness (QED) is 0.524. The first kappa shape index (κ1) is 19.3. The van der Waals surface area contributed by atoms with Crippen molar-refractivity contribution in [2.45, 2.75) is 32.2 Å². The Labute approximate surface area is 181 Å². The van der Waals surface area contributed by atoms with E-state index < -0.39 is 0 Å². The Kier molecular flexibility index (Phi) is 4.70. The first-order chi connectivity index (χ1) is 15.0. The van der Waals surface area contributed by atoms with Gasteiger partial charge in [0.25, 0.3) is 0 Å². The van der Waals surface area contributed by atoms with Crippen LogP contribution in [0, 0.1) is 0 Å². The number of hydrogen-bond donors (Lipinski definition) is 1. The van der Waals surface area contributed by atoms with Gasteiger partial charge < -0.3 is 15.2 Å². The van der Waals surface area contributed by atoms with Gasteiger partial charge in [0.15, 0.2) is 0 Å². The number of anilines is 2. The molecule has 0 saturated carbocycles. The van der Waals surface area contributed by atoms with Crippen molar-refractivity contribution in [3.8, 4) is 11.1 Å². The Bertz CT molecular complexity index is 1240. The van der Waals surface area contributed by atoms with Crippen molar-refractivity contribution < 1.29 is 4.79 Å². The van der Waals surface area contributed by atoms with Crippen molar-refractivity contribution in [1.82, 2.24) is 14.5 Å². The molecule has 1 saturated heterocycles. The highest BCUT2D eigenvalue weighted by Crippen LogP contribution is 2.36. The van der Waals surface area contributed by atoms with Gasteiger partial charge in [0.1, 0.15) is 17.8 Å². The Morgan fingerprint density at radius 3 is 2.48 bits per heavy atom. The van der Waals surface area contributed by atoms with Gasteiger partial charge in [0.2, 0.25) is 5.91 Å². The number of rotatable bonds is 4. The van der Waals surface area contributed by atoms with Gasteiger partial charge in [-0.2, -0.15) is 0 Å². The van der Waals surface area contributed by atoms with Crippen LogP contribution in [-0.2, 0) is 4.79 Å². The third-order valence-corrected chi connectivity index (χ3v) is 6.09. The molecule has 2 aromatic carbocycles. The average Bonchev–Trinajstić information content (AvgIpc) is 3.36. The van der Waals surface area contributed by atoms with E-state index >= 15 is 0 Å². The molecule has 1 atom stereocenters. The summed E-state index contributed by atoms with van der Waals surface area (Å²) < 4.78 is 2.12. The fourth-order valence-electron chi connectivity index (χ4n) is 4.47. The van der Waals surface area contributed by atoms with E-state index in [0.29, 0.717) is 5.82 Å². The summed E-state index contributed by atoms with van der Waals surface area (Å²) in [6, 6.07) is 18.4. The molecule has 0 radical (unpaired) electrons. The van der Waals surface area contributed by atoms with E-state index in [2.05, 4.69) is 34.6 Å². The zero-order chi connectivity index (χ0) is 21.5. The SMILES string of the molecule is CC(C)n1cc(-c2ccc(N3CCC(c4ccccc4)C3=O)cc2)c2c(N)ncnc21. The summed E-state index contributed by atoms with van der Waals surface area (Å²) in [5.74, 6) is 0.568. The number of carbonyl (C=O) groups is 1. The van der Waals surface area contributed by atoms with Crippen LogP contribution in [0.1, 0.15) is 37.8 Å². The third-order valence-electron chi connectivity index (χ3n) is 6.09. The van der Waals surface area contributed by atoms with E-state index in [4.69, 9.17) is 5.73 Å². The summed E-state index contributed by atoms with van der Waals surface area (Å²) in [5.41, 5.74) is 11.1. The molecule has 6 nitrogen and oxygen atoms in total. The topological polar surface area (TPSA) is 77.0 Å². The lowest BCUT2D eigenvalue weighted by molar-refractivity contribution is -0.118. The van der Waals surface area contributed by atoms with Gasteiger partial charge in [-0.15, -0.1) is 0 Å². The molecule has 2 N–H and O–H groups in total. The summed E-state index contributed by atoms with van der Waals surface area (Å²) in [6.07, 6.45) is 4.42. The summed E-state index contributed by atoms with van der Waals surface area (Å²) in [4.78, 5) is 23.6. The number of nitrogen functional groups attached to an aromatic ring is 1. The van der Waals surface area contributed by atoms with Gasteiger partial charge >= 0.3 is 0 Å². The van der Waals surface area contributed by atoms with Crippen molar-refractivity contribution in [3.05, 3.63) is 72.7 Å². The van der Waals surface area contributed by atoms with Crippen LogP contribution < -0.4 is 10.6 Å². The lowest BCUT2D eigenvalue weighted by Crippen LogP contribution is -2.26. The average molecular weight is 412 g/mol. The molecule has 0 spiro atoms. The highest BCUT2D eigenvalue weighted by atomic mass is 16.2. The number of amides is 1. The number of nitrogens with zero attached hydrogens (tertiary/aromatic N) is 4. The smallest absolute Gasteiger partial charge is 0.234 e. The molecule has 6 heteroatoms. The second kappa shape index (κ2) is 7.54. The Balaban J connectivity index is 1.47. The minimum Gasteiger partial charge on any atom is -0.383 e. The van der Waals surface area contributed by atoms with Crippen LogP contribution in [0.5, 0.6) is 0 Å². The van der Waals surface area contributed by atoms with Gasteiger partial charge in [-0.05, 0) is 43.5 Å². The summed E-state index contributed by atoms with van der Waals surface area (Å²) in [5, 5.41) is 0.866. The molecule has 1 aliphatic heterocycles.